The Hall–Kier alpha value is -7.42. The largest absolute Gasteiger partial charge is 0.417 e. The second-order valence-electron chi connectivity index (χ2n) is 15.0. The first-order valence-corrected chi connectivity index (χ1v) is 19.5. The van der Waals surface area contributed by atoms with E-state index in [4.69, 9.17) is 9.97 Å². The highest BCUT2D eigenvalue weighted by Crippen LogP contribution is 2.50. The third-order valence-electron chi connectivity index (χ3n) is 10.9. The molecule has 0 bridgehead atoms. The minimum absolute atomic E-state index is 0.0675. The number of fused-ring (bicyclic) bond motifs is 3. The van der Waals surface area contributed by atoms with Gasteiger partial charge in [0.05, 0.1) is 50.4 Å². The van der Waals surface area contributed by atoms with Crippen LogP contribution in [0.3, 0.4) is 0 Å². The Morgan fingerprint density at radius 2 is 0.723 bits per heavy atom. The summed E-state index contributed by atoms with van der Waals surface area (Å²) in [5, 5.41) is -0.803. The van der Waals surface area contributed by atoms with Crippen LogP contribution in [0.4, 0.5) is 52.7 Å². The highest BCUT2D eigenvalue weighted by Gasteiger charge is 2.39. The van der Waals surface area contributed by atoms with Gasteiger partial charge in [0, 0.05) is 38.6 Å². The first-order valence-electron chi connectivity index (χ1n) is 19.5. The van der Waals surface area contributed by atoms with E-state index in [2.05, 4.69) is 0 Å². The molecule has 0 aliphatic carbocycles. The molecule has 65 heavy (non-hydrogen) atoms. The van der Waals surface area contributed by atoms with Gasteiger partial charge in [-0.2, -0.15) is 52.7 Å². The third kappa shape index (κ3) is 8.06. The van der Waals surface area contributed by atoms with Crippen LogP contribution >= 0.6 is 0 Å². The molecule has 3 nitrogen and oxygen atoms in total. The summed E-state index contributed by atoms with van der Waals surface area (Å²) in [4.78, 5) is 9.59. The van der Waals surface area contributed by atoms with E-state index in [1.165, 1.54) is 24.3 Å². The van der Waals surface area contributed by atoms with Gasteiger partial charge in [0.15, 0.2) is 5.82 Å². The second-order valence-corrected chi connectivity index (χ2v) is 15.0. The smallest absolute Gasteiger partial charge is 0.308 e. The van der Waals surface area contributed by atoms with E-state index in [9.17, 15) is 26.3 Å². The number of alkyl halides is 12. The lowest BCUT2D eigenvalue weighted by atomic mass is 9.88. The van der Waals surface area contributed by atoms with E-state index in [0.717, 1.165) is 53.1 Å². The predicted molar refractivity (Wildman–Crippen MR) is 224 cm³/mol. The molecule has 0 saturated heterocycles. The Labute approximate surface area is 360 Å². The Kier molecular flexibility index (Phi) is 10.3. The van der Waals surface area contributed by atoms with Crippen LogP contribution in [0.1, 0.15) is 22.3 Å². The maximum absolute atomic E-state index is 15.2. The number of hydrogen-bond donors (Lipinski definition) is 0. The van der Waals surface area contributed by atoms with Crippen LogP contribution in [0, 0.1) is 0 Å². The predicted octanol–water partition coefficient (Wildman–Crippen LogP) is 16.0. The fraction of sp³-hybridized carbons (Fsp3) is 0.0800. The number of nitrogens with zero attached hydrogens (tertiary/aromatic N) is 3. The van der Waals surface area contributed by atoms with Gasteiger partial charge >= 0.3 is 24.7 Å². The topological polar surface area (TPSA) is 30.7 Å². The average Bonchev–Trinajstić information content (AvgIpc) is 3.60. The lowest BCUT2D eigenvalue weighted by Gasteiger charge is -2.24. The van der Waals surface area contributed by atoms with Crippen LogP contribution in [-0.2, 0) is 24.7 Å². The molecular weight excluding hydrogens is 871 g/mol. The molecule has 7 aromatic carbocycles. The summed E-state index contributed by atoms with van der Waals surface area (Å²) >= 11 is 0. The van der Waals surface area contributed by atoms with Crippen LogP contribution in [0.25, 0.3) is 83.6 Å². The summed E-state index contributed by atoms with van der Waals surface area (Å²) in [6.45, 7) is 0. The quantitative estimate of drug-likeness (QED) is 0.156. The monoisotopic (exact) mass is 897 g/mol. The number of halogens is 12. The summed E-state index contributed by atoms with van der Waals surface area (Å²) in [6, 6.07) is 34.4. The second kappa shape index (κ2) is 15.7. The normalized spacial score (nSPS) is 12.6. The fourth-order valence-electron chi connectivity index (χ4n) is 8.05. The molecule has 2 heterocycles. The van der Waals surface area contributed by atoms with Gasteiger partial charge in [0.25, 0.3) is 0 Å². The van der Waals surface area contributed by atoms with Gasteiger partial charge in [-0.15, -0.1) is 0 Å². The molecular formula is C50H27F12N3. The van der Waals surface area contributed by atoms with E-state index >= 15 is 26.3 Å². The highest BCUT2D eigenvalue weighted by molar-refractivity contribution is 6.11. The Morgan fingerprint density at radius 1 is 0.338 bits per heavy atom. The van der Waals surface area contributed by atoms with E-state index in [-0.39, 0.29) is 22.4 Å². The number of benzene rings is 7. The fourth-order valence-corrected chi connectivity index (χ4v) is 8.05. The molecule has 0 fully saturated rings. The molecule has 15 heteroatoms. The van der Waals surface area contributed by atoms with Crippen molar-refractivity contribution < 1.29 is 52.7 Å². The summed E-state index contributed by atoms with van der Waals surface area (Å²) in [5.74, 6) is -0.125. The summed E-state index contributed by atoms with van der Waals surface area (Å²) in [7, 11) is 0. The van der Waals surface area contributed by atoms with Crippen molar-refractivity contribution in [1.29, 1.82) is 0 Å². The van der Waals surface area contributed by atoms with Crippen LogP contribution < -0.4 is 0 Å². The maximum Gasteiger partial charge on any atom is 0.417 e. The molecule has 9 rings (SSSR count). The van der Waals surface area contributed by atoms with Crippen molar-refractivity contribution >= 4 is 21.8 Å². The van der Waals surface area contributed by atoms with Crippen LogP contribution in [-0.4, -0.2) is 14.5 Å². The van der Waals surface area contributed by atoms with Crippen molar-refractivity contribution in [3.8, 4) is 61.8 Å². The van der Waals surface area contributed by atoms with Gasteiger partial charge in [-0.3, -0.25) is 0 Å². The van der Waals surface area contributed by atoms with Crippen molar-refractivity contribution in [2.45, 2.75) is 24.7 Å². The minimum atomic E-state index is -5.08. The molecule has 0 atom stereocenters. The SMILES string of the molecule is FC(F)(F)c1ccc2c(c1)c1cc(C(F)(F)F)ccc1n2-c1c(-c2ccccc2C(F)(F)F)cc(-c2nc(-c3ccccc3)cc(-c3ccccc3)n2)cc1-c1ccccc1C(F)(F)F. The molecule has 0 saturated carbocycles. The van der Waals surface area contributed by atoms with Crippen LogP contribution in [0.2, 0.25) is 0 Å². The average molecular weight is 898 g/mol. The first-order chi connectivity index (χ1) is 30.8. The van der Waals surface area contributed by atoms with E-state index in [1.807, 2.05) is 0 Å². The molecule has 0 spiro atoms. The van der Waals surface area contributed by atoms with Crippen molar-refractivity contribution in [2.24, 2.45) is 0 Å². The van der Waals surface area contributed by atoms with Gasteiger partial charge in [0.2, 0.25) is 0 Å². The van der Waals surface area contributed by atoms with Gasteiger partial charge < -0.3 is 4.57 Å². The Bertz CT molecular complexity index is 3050. The lowest BCUT2D eigenvalue weighted by Crippen LogP contribution is -2.11. The molecule has 2 aromatic heterocycles. The molecule has 326 valence electrons. The van der Waals surface area contributed by atoms with Gasteiger partial charge in [-0.1, -0.05) is 97.1 Å². The zero-order valence-corrected chi connectivity index (χ0v) is 33.0. The van der Waals surface area contributed by atoms with Crippen LogP contribution in [0.5, 0.6) is 0 Å². The first kappa shape index (κ1) is 42.9. The number of aromatic nitrogens is 3. The van der Waals surface area contributed by atoms with Gasteiger partial charge in [-0.05, 0) is 77.9 Å². The lowest BCUT2D eigenvalue weighted by molar-refractivity contribution is -0.138. The minimum Gasteiger partial charge on any atom is -0.308 e. The molecule has 0 aliphatic rings. The summed E-state index contributed by atoms with van der Waals surface area (Å²) < 4.78 is 178. The summed E-state index contributed by atoms with van der Waals surface area (Å²) in [6.07, 6.45) is -20.1. The molecule has 0 amide bonds. The van der Waals surface area contributed by atoms with Crippen LogP contribution in [0.15, 0.2) is 164 Å². The van der Waals surface area contributed by atoms with Gasteiger partial charge in [0.1, 0.15) is 0 Å². The van der Waals surface area contributed by atoms with E-state index in [0.29, 0.717) is 46.8 Å². The van der Waals surface area contributed by atoms with Gasteiger partial charge in [-0.25, -0.2) is 9.97 Å². The molecule has 0 unspecified atom stereocenters. The van der Waals surface area contributed by atoms with E-state index < -0.39 is 85.7 Å². The molecule has 0 radical (unpaired) electrons. The Morgan fingerprint density at radius 3 is 1.11 bits per heavy atom. The number of hydrogen-bond acceptors (Lipinski definition) is 2. The standard InChI is InChI=1S/C50H27F12N3/c51-47(52,53)31-19-21-43-35(25-31)36-26-32(48(54,55)56)20-22-44(36)65(43)45-37(33-15-7-9-17-39(33)49(57,58)59)23-30(24-38(45)34-16-8-10-18-40(34)50(60,61)62)46-63-41(28-11-3-1-4-12-28)27-42(64-46)29-13-5-2-6-14-29/h1-27H. The van der Waals surface area contributed by atoms with Crippen molar-refractivity contribution in [3.05, 3.63) is 186 Å². The van der Waals surface area contributed by atoms with Crippen molar-refractivity contribution in [1.82, 2.24) is 14.5 Å². The summed E-state index contributed by atoms with van der Waals surface area (Å²) in [5.41, 5.74) is -6.01. The van der Waals surface area contributed by atoms with Crippen molar-refractivity contribution in [2.75, 3.05) is 0 Å². The Balaban J connectivity index is 1.50. The zero-order valence-electron chi connectivity index (χ0n) is 33.0. The maximum atomic E-state index is 15.2. The number of rotatable bonds is 6. The molecule has 0 N–H and O–H groups in total. The molecule has 0 aliphatic heterocycles. The highest BCUT2D eigenvalue weighted by atomic mass is 19.4. The zero-order chi connectivity index (χ0) is 46.1. The van der Waals surface area contributed by atoms with Crippen molar-refractivity contribution in [3.63, 3.8) is 0 Å². The van der Waals surface area contributed by atoms with E-state index in [1.54, 1.807) is 66.7 Å². The third-order valence-corrected chi connectivity index (χ3v) is 10.9. The molecule has 9 aromatic rings.